The zero-order valence-corrected chi connectivity index (χ0v) is 12.3. The van der Waals surface area contributed by atoms with Gasteiger partial charge in [-0.05, 0) is 24.5 Å². The van der Waals surface area contributed by atoms with Crippen molar-refractivity contribution in [3.8, 4) is 0 Å². The van der Waals surface area contributed by atoms with Crippen LogP contribution in [0.15, 0.2) is 30.5 Å². The second-order valence-electron chi connectivity index (χ2n) is 5.00. The second kappa shape index (κ2) is 7.35. The Kier molecular flexibility index (Phi) is 5.24. The summed E-state index contributed by atoms with van der Waals surface area (Å²) in [6.45, 7) is 2.02. The number of aryl methyl sites for hydroxylation is 2. The third kappa shape index (κ3) is 4.69. The predicted octanol–water partition coefficient (Wildman–Crippen LogP) is 0.920. The van der Waals surface area contributed by atoms with Crippen molar-refractivity contribution in [2.45, 2.75) is 32.9 Å². The SMILES string of the molecule is Cc1ccccc1CCC(=O)NCc1cn(CC(=O)O)nn1. The standard InChI is InChI=1S/C15H18N4O3/c1-11-4-2-3-5-12(11)6-7-14(20)16-8-13-9-19(18-17-13)10-15(21)22/h2-5,9H,6-8,10H2,1H3,(H,16,20)(H,21,22). The van der Waals surface area contributed by atoms with E-state index in [4.69, 9.17) is 5.11 Å². The van der Waals surface area contributed by atoms with Gasteiger partial charge >= 0.3 is 5.97 Å². The minimum Gasteiger partial charge on any atom is -0.480 e. The van der Waals surface area contributed by atoms with Gasteiger partial charge in [0.2, 0.25) is 5.91 Å². The highest BCUT2D eigenvalue weighted by Crippen LogP contribution is 2.09. The number of amides is 1. The van der Waals surface area contributed by atoms with Crippen molar-refractivity contribution in [3.05, 3.63) is 47.3 Å². The fourth-order valence-corrected chi connectivity index (χ4v) is 2.05. The number of rotatable bonds is 7. The quantitative estimate of drug-likeness (QED) is 0.792. The van der Waals surface area contributed by atoms with E-state index in [9.17, 15) is 9.59 Å². The third-order valence-corrected chi connectivity index (χ3v) is 3.23. The van der Waals surface area contributed by atoms with Gasteiger partial charge in [-0.25, -0.2) is 4.68 Å². The Morgan fingerprint density at radius 2 is 2.09 bits per heavy atom. The van der Waals surface area contributed by atoms with Crippen LogP contribution in [0.3, 0.4) is 0 Å². The Balaban J connectivity index is 1.77. The maximum Gasteiger partial charge on any atom is 0.325 e. The highest BCUT2D eigenvalue weighted by atomic mass is 16.4. The number of hydrogen-bond donors (Lipinski definition) is 2. The Bertz CT molecular complexity index is 666. The lowest BCUT2D eigenvalue weighted by Gasteiger charge is -2.05. The number of nitrogens with one attached hydrogen (secondary N) is 1. The summed E-state index contributed by atoms with van der Waals surface area (Å²) in [6.07, 6.45) is 2.59. The topological polar surface area (TPSA) is 97.1 Å². The number of hydrogen-bond acceptors (Lipinski definition) is 4. The van der Waals surface area contributed by atoms with Gasteiger partial charge in [0.05, 0.1) is 12.7 Å². The van der Waals surface area contributed by atoms with Crippen molar-refractivity contribution in [1.82, 2.24) is 20.3 Å². The van der Waals surface area contributed by atoms with Crippen LogP contribution in [0.4, 0.5) is 0 Å². The van der Waals surface area contributed by atoms with Crippen LogP contribution in [0.25, 0.3) is 0 Å². The Labute approximate surface area is 128 Å². The average molecular weight is 302 g/mol. The molecule has 7 heteroatoms. The summed E-state index contributed by atoms with van der Waals surface area (Å²) < 4.78 is 1.22. The number of nitrogens with zero attached hydrogens (tertiary/aromatic N) is 3. The molecule has 116 valence electrons. The van der Waals surface area contributed by atoms with E-state index in [-0.39, 0.29) is 19.0 Å². The van der Waals surface area contributed by atoms with Gasteiger partial charge in [0.15, 0.2) is 0 Å². The zero-order valence-electron chi connectivity index (χ0n) is 12.3. The van der Waals surface area contributed by atoms with E-state index in [2.05, 4.69) is 15.6 Å². The van der Waals surface area contributed by atoms with Crippen molar-refractivity contribution in [1.29, 1.82) is 0 Å². The number of benzene rings is 1. The van der Waals surface area contributed by atoms with Crippen LogP contribution in [-0.4, -0.2) is 32.0 Å². The molecule has 1 aromatic heterocycles. The van der Waals surface area contributed by atoms with Gasteiger partial charge < -0.3 is 10.4 Å². The van der Waals surface area contributed by atoms with Gasteiger partial charge in [-0.3, -0.25) is 9.59 Å². The van der Waals surface area contributed by atoms with Crippen LogP contribution in [-0.2, 0) is 29.1 Å². The van der Waals surface area contributed by atoms with Gasteiger partial charge in [-0.2, -0.15) is 0 Å². The van der Waals surface area contributed by atoms with Crippen LogP contribution in [0, 0.1) is 6.92 Å². The number of aromatic nitrogens is 3. The molecule has 1 amide bonds. The molecule has 0 bridgehead atoms. The molecular formula is C15H18N4O3. The second-order valence-corrected chi connectivity index (χ2v) is 5.00. The summed E-state index contributed by atoms with van der Waals surface area (Å²) in [7, 11) is 0. The van der Waals surface area contributed by atoms with Gasteiger partial charge in [0, 0.05) is 6.42 Å². The maximum absolute atomic E-state index is 11.8. The summed E-state index contributed by atoms with van der Waals surface area (Å²) in [4.78, 5) is 22.4. The van der Waals surface area contributed by atoms with E-state index in [1.165, 1.54) is 16.4 Å². The molecule has 22 heavy (non-hydrogen) atoms. The molecule has 0 radical (unpaired) electrons. The predicted molar refractivity (Wildman–Crippen MR) is 79.0 cm³/mol. The minimum absolute atomic E-state index is 0.0731. The normalized spacial score (nSPS) is 10.4. The number of aliphatic carboxylic acids is 1. The highest BCUT2D eigenvalue weighted by molar-refractivity contribution is 5.76. The van der Waals surface area contributed by atoms with Crippen LogP contribution in [0.1, 0.15) is 23.2 Å². The van der Waals surface area contributed by atoms with Crippen LogP contribution >= 0.6 is 0 Å². The van der Waals surface area contributed by atoms with Crippen molar-refractivity contribution in [3.63, 3.8) is 0 Å². The molecule has 0 aliphatic carbocycles. The molecule has 0 aliphatic heterocycles. The fraction of sp³-hybridized carbons (Fsp3) is 0.333. The van der Waals surface area contributed by atoms with Crippen molar-refractivity contribution >= 4 is 11.9 Å². The van der Waals surface area contributed by atoms with Gasteiger partial charge in [0.25, 0.3) is 0 Å². The highest BCUT2D eigenvalue weighted by Gasteiger charge is 2.07. The number of carboxylic acids is 1. The van der Waals surface area contributed by atoms with E-state index < -0.39 is 5.97 Å². The first-order valence-corrected chi connectivity index (χ1v) is 6.96. The van der Waals surface area contributed by atoms with Crippen molar-refractivity contribution in [2.75, 3.05) is 0 Å². The maximum atomic E-state index is 11.8. The lowest BCUT2D eigenvalue weighted by atomic mass is 10.0. The lowest BCUT2D eigenvalue weighted by molar-refractivity contribution is -0.138. The molecule has 2 N–H and O–H groups in total. The van der Waals surface area contributed by atoms with Gasteiger partial charge in [-0.15, -0.1) is 5.10 Å². The average Bonchev–Trinajstić information content (AvgIpc) is 2.91. The first-order chi connectivity index (χ1) is 10.5. The van der Waals surface area contributed by atoms with Crippen molar-refractivity contribution < 1.29 is 14.7 Å². The molecule has 0 fully saturated rings. The summed E-state index contributed by atoms with van der Waals surface area (Å²) in [5.41, 5.74) is 2.86. The lowest BCUT2D eigenvalue weighted by Crippen LogP contribution is -2.23. The molecule has 0 saturated carbocycles. The van der Waals surface area contributed by atoms with Gasteiger partial charge in [0.1, 0.15) is 12.2 Å². The van der Waals surface area contributed by atoms with Crippen LogP contribution < -0.4 is 5.32 Å². The summed E-state index contributed by atoms with van der Waals surface area (Å²) in [5, 5.41) is 18.9. The summed E-state index contributed by atoms with van der Waals surface area (Å²) >= 11 is 0. The fourth-order valence-electron chi connectivity index (χ4n) is 2.05. The molecule has 0 unspecified atom stereocenters. The Morgan fingerprint density at radius 3 is 2.82 bits per heavy atom. The largest absolute Gasteiger partial charge is 0.480 e. The molecular weight excluding hydrogens is 284 g/mol. The van der Waals surface area contributed by atoms with E-state index in [0.717, 1.165) is 5.56 Å². The minimum atomic E-state index is -0.987. The molecule has 2 rings (SSSR count). The van der Waals surface area contributed by atoms with Gasteiger partial charge in [-0.1, -0.05) is 29.5 Å². The van der Waals surface area contributed by atoms with E-state index in [1.807, 2.05) is 31.2 Å². The first kappa shape index (κ1) is 15.7. The van der Waals surface area contributed by atoms with E-state index >= 15 is 0 Å². The zero-order chi connectivity index (χ0) is 15.9. The number of carboxylic acid groups (broad SMARTS) is 1. The van der Waals surface area contributed by atoms with E-state index in [1.54, 1.807) is 0 Å². The first-order valence-electron chi connectivity index (χ1n) is 6.96. The molecule has 1 heterocycles. The van der Waals surface area contributed by atoms with Crippen molar-refractivity contribution in [2.24, 2.45) is 0 Å². The molecule has 0 saturated heterocycles. The van der Waals surface area contributed by atoms with E-state index in [0.29, 0.717) is 18.5 Å². The molecule has 0 aliphatic rings. The smallest absolute Gasteiger partial charge is 0.325 e. The third-order valence-electron chi connectivity index (χ3n) is 3.23. The Morgan fingerprint density at radius 1 is 1.32 bits per heavy atom. The number of carbonyl (C=O) groups excluding carboxylic acids is 1. The van der Waals surface area contributed by atoms with Crippen LogP contribution in [0.5, 0.6) is 0 Å². The summed E-state index contributed by atoms with van der Waals surface area (Å²) in [6, 6.07) is 7.97. The molecule has 1 aromatic carbocycles. The molecule has 7 nitrogen and oxygen atoms in total. The molecule has 0 atom stereocenters. The summed E-state index contributed by atoms with van der Waals surface area (Å²) in [5.74, 6) is -1.06. The number of carbonyl (C=O) groups is 2. The van der Waals surface area contributed by atoms with Crippen LogP contribution in [0.2, 0.25) is 0 Å². The molecule has 2 aromatic rings. The molecule has 0 spiro atoms. The Hall–Kier alpha value is -2.70. The monoisotopic (exact) mass is 302 g/mol.